The fraction of sp³-hybridized carbons (Fsp3) is 0.211. The molecule has 3 aromatic rings. The first kappa shape index (κ1) is 20.1. The van der Waals surface area contributed by atoms with Gasteiger partial charge in [-0.1, -0.05) is 60.7 Å². The number of hydrogen-bond acceptors (Lipinski definition) is 6. The lowest BCUT2D eigenvalue weighted by Gasteiger charge is -2.13. The van der Waals surface area contributed by atoms with Crippen molar-refractivity contribution in [1.29, 1.82) is 0 Å². The van der Waals surface area contributed by atoms with Gasteiger partial charge in [0.15, 0.2) is 0 Å². The van der Waals surface area contributed by atoms with Gasteiger partial charge in [-0.25, -0.2) is 13.1 Å². The number of aryl methyl sites for hydroxylation is 1. The van der Waals surface area contributed by atoms with E-state index in [2.05, 4.69) is 27.2 Å². The number of sulfonamides is 1. The highest BCUT2D eigenvalue weighted by atomic mass is 32.2. The normalized spacial score (nSPS) is 12.5. The molecule has 0 aliphatic heterocycles. The first-order chi connectivity index (χ1) is 13.4. The van der Waals surface area contributed by atoms with Gasteiger partial charge in [-0.2, -0.15) is 0 Å². The summed E-state index contributed by atoms with van der Waals surface area (Å²) in [5.41, 5.74) is 2.48. The largest absolute Gasteiger partial charge is 0.296 e. The number of carbonyl (C=O) groups is 1. The van der Waals surface area contributed by atoms with Gasteiger partial charge in [0.25, 0.3) is 15.9 Å². The molecule has 7 nitrogen and oxygen atoms in total. The van der Waals surface area contributed by atoms with E-state index in [9.17, 15) is 13.2 Å². The molecule has 1 atom stereocenters. The highest BCUT2D eigenvalue weighted by Gasteiger charge is 2.23. The van der Waals surface area contributed by atoms with Crippen molar-refractivity contribution in [2.24, 2.45) is 0 Å². The van der Waals surface area contributed by atoms with Crippen molar-refractivity contribution in [3.05, 3.63) is 71.3 Å². The molecular formula is C19H20N4O3S2. The fourth-order valence-corrected chi connectivity index (χ4v) is 4.66. The number of aromatic nitrogens is 2. The van der Waals surface area contributed by atoms with Crippen molar-refractivity contribution in [2.75, 3.05) is 5.32 Å². The van der Waals surface area contributed by atoms with E-state index in [-0.39, 0.29) is 15.4 Å². The topological polar surface area (TPSA) is 101 Å². The van der Waals surface area contributed by atoms with Crippen LogP contribution in [0.25, 0.3) is 0 Å². The molecule has 1 aromatic heterocycles. The van der Waals surface area contributed by atoms with E-state index in [0.29, 0.717) is 5.56 Å². The maximum atomic E-state index is 12.6. The van der Waals surface area contributed by atoms with Crippen molar-refractivity contribution >= 4 is 32.4 Å². The maximum absolute atomic E-state index is 12.6. The molecule has 0 unspecified atom stereocenters. The molecule has 0 saturated heterocycles. The predicted octanol–water partition coefficient (Wildman–Crippen LogP) is 3.39. The van der Waals surface area contributed by atoms with E-state index in [0.717, 1.165) is 23.3 Å². The summed E-state index contributed by atoms with van der Waals surface area (Å²) in [6.07, 6.45) is 0.919. The van der Waals surface area contributed by atoms with E-state index in [4.69, 9.17) is 0 Å². The number of nitrogens with one attached hydrogen (secondary N) is 2. The van der Waals surface area contributed by atoms with Crippen LogP contribution in [0.2, 0.25) is 0 Å². The number of anilines is 1. The molecule has 0 aliphatic rings. The van der Waals surface area contributed by atoms with Gasteiger partial charge < -0.3 is 0 Å². The number of benzene rings is 2. The lowest BCUT2D eigenvalue weighted by atomic mass is 10.1. The van der Waals surface area contributed by atoms with E-state index in [1.54, 1.807) is 37.3 Å². The molecule has 0 saturated carbocycles. The summed E-state index contributed by atoms with van der Waals surface area (Å²) in [5.74, 6) is -0.377. The number of nitrogens with zero attached hydrogens (tertiary/aromatic N) is 2. The van der Waals surface area contributed by atoms with Gasteiger partial charge in [0, 0.05) is 11.6 Å². The fourth-order valence-electron chi connectivity index (χ4n) is 2.52. The Balaban J connectivity index is 1.69. The summed E-state index contributed by atoms with van der Waals surface area (Å²) in [4.78, 5) is 12.2. The second kappa shape index (κ2) is 8.59. The Bertz CT molecular complexity index is 1050. The van der Waals surface area contributed by atoms with Crippen LogP contribution in [-0.2, 0) is 16.4 Å². The molecule has 1 amide bonds. The van der Waals surface area contributed by atoms with E-state index in [1.807, 2.05) is 24.3 Å². The SMILES string of the molecule is CCc1ccc([C@H](C)NS(=O)(=O)c2nnc(NC(=O)c3ccccc3)s2)cc1. The second-order valence-electron chi connectivity index (χ2n) is 6.13. The molecule has 2 aromatic carbocycles. The molecule has 9 heteroatoms. The van der Waals surface area contributed by atoms with Crippen LogP contribution in [0.5, 0.6) is 0 Å². The zero-order chi connectivity index (χ0) is 20.1. The zero-order valence-corrected chi connectivity index (χ0v) is 17.0. The molecule has 1 heterocycles. The van der Waals surface area contributed by atoms with E-state index in [1.165, 1.54) is 5.56 Å². The lowest BCUT2D eigenvalue weighted by Crippen LogP contribution is -2.26. The van der Waals surface area contributed by atoms with Crippen molar-refractivity contribution in [3.63, 3.8) is 0 Å². The standard InChI is InChI=1S/C19H20N4O3S2/c1-3-14-9-11-15(12-10-14)13(2)23-28(25,26)19-22-21-18(27-19)20-17(24)16-7-5-4-6-8-16/h4-13,23H,3H2,1-2H3,(H,20,21,24)/t13-/m0/s1. The summed E-state index contributed by atoms with van der Waals surface area (Å²) in [6, 6.07) is 15.9. The van der Waals surface area contributed by atoms with E-state index < -0.39 is 16.1 Å². The van der Waals surface area contributed by atoms with Crippen LogP contribution >= 0.6 is 11.3 Å². The minimum Gasteiger partial charge on any atom is -0.296 e. The highest BCUT2D eigenvalue weighted by Crippen LogP contribution is 2.23. The molecular weight excluding hydrogens is 396 g/mol. The average molecular weight is 417 g/mol. The van der Waals surface area contributed by atoms with Crippen LogP contribution in [0.1, 0.15) is 41.4 Å². The number of rotatable bonds is 7. The van der Waals surface area contributed by atoms with Gasteiger partial charge in [-0.3, -0.25) is 10.1 Å². The summed E-state index contributed by atoms with van der Waals surface area (Å²) in [5, 5.41) is 10.2. The molecule has 0 bridgehead atoms. The van der Waals surface area contributed by atoms with Crippen LogP contribution in [0.15, 0.2) is 58.9 Å². The Hall–Kier alpha value is -2.62. The molecule has 0 fully saturated rings. The van der Waals surface area contributed by atoms with Gasteiger partial charge in [-0.05, 0) is 36.6 Å². The third kappa shape index (κ3) is 4.80. The van der Waals surface area contributed by atoms with Crippen molar-refractivity contribution in [2.45, 2.75) is 30.6 Å². The van der Waals surface area contributed by atoms with Crippen LogP contribution in [-0.4, -0.2) is 24.5 Å². The first-order valence-corrected chi connectivity index (χ1v) is 11.0. The lowest BCUT2D eigenvalue weighted by molar-refractivity contribution is 0.102. The molecule has 0 radical (unpaired) electrons. The van der Waals surface area contributed by atoms with Gasteiger partial charge in [0.1, 0.15) is 0 Å². The summed E-state index contributed by atoms with van der Waals surface area (Å²) in [7, 11) is -3.86. The van der Waals surface area contributed by atoms with Crippen LogP contribution in [0.3, 0.4) is 0 Å². The molecule has 3 rings (SSSR count). The van der Waals surface area contributed by atoms with Gasteiger partial charge in [0.2, 0.25) is 9.47 Å². The Labute approximate surface area is 167 Å². The quantitative estimate of drug-likeness (QED) is 0.575. The monoisotopic (exact) mass is 416 g/mol. The van der Waals surface area contributed by atoms with Crippen molar-refractivity contribution < 1.29 is 13.2 Å². The third-order valence-electron chi connectivity index (χ3n) is 4.11. The second-order valence-corrected chi connectivity index (χ2v) is 9.00. The minimum absolute atomic E-state index is 0.120. The molecule has 146 valence electrons. The number of hydrogen-bond donors (Lipinski definition) is 2. The minimum atomic E-state index is -3.86. The number of amides is 1. The Morgan fingerprint density at radius 2 is 1.75 bits per heavy atom. The highest BCUT2D eigenvalue weighted by molar-refractivity contribution is 7.91. The summed E-state index contributed by atoms with van der Waals surface area (Å²) < 4.78 is 27.6. The van der Waals surface area contributed by atoms with Gasteiger partial charge in [0.05, 0.1) is 0 Å². The van der Waals surface area contributed by atoms with Crippen molar-refractivity contribution in [3.8, 4) is 0 Å². The van der Waals surface area contributed by atoms with Crippen molar-refractivity contribution in [1.82, 2.24) is 14.9 Å². The van der Waals surface area contributed by atoms with Gasteiger partial charge >= 0.3 is 0 Å². The zero-order valence-electron chi connectivity index (χ0n) is 15.4. The summed E-state index contributed by atoms with van der Waals surface area (Å²) >= 11 is 0.801. The van der Waals surface area contributed by atoms with Crippen LogP contribution < -0.4 is 10.0 Å². The molecule has 0 spiro atoms. The average Bonchev–Trinajstić information content (AvgIpc) is 3.18. The predicted molar refractivity (Wildman–Crippen MR) is 109 cm³/mol. The Kier molecular flexibility index (Phi) is 6.18. The van der Waals surface area contributed by atoms with Gasteiger partial charge in [-0.15, -0.1) is 10.2 Å². The molecule has 28 heavy (non-hydrogen) atoms. The maximum Gasteiger partial charge on any atom is 0.270 e. The first-order valence-electron chi connectivity index (χ1n) is 8.70. The third-order valence-corrected chi connectivity index (χ3v) is 6.86. The smallest absolute Gasteiger partial charge is 0.270 e. The Morgan fingerprint density at radius 1 is 1.07 bits per heavy atom. The van der Waals surface area contributed by atoms with Crippen LogP contribution in [0.4, 0.5) is 5.13 Å². The molecule has 0 aliphatic carbocycles. The van der Waals surface area contributed by atoms with Crippen LogP contribution in [0, 0.1) is 0 Å². The number of carbonyl (C=O) groups excluding carboxylic acids is 1. The molecule has 2 N–H and O–H groups in total. The summed E-state index contributed by atoms with van der Waals surface area (Å²) in [6.45, 7) is 3.82. The Morgan fingerprint density at radius 3 is 2.39 bits per heavy atom. The van der Waals surface area contributed by atoms with E-state index >= 15 is 0 Å².